The van der Waals surface area contributed by atoms with Crippen LogP contribution in [0.2, 0.25) is 0 Å². The minimum atomic E-state index is -0.282. The minimum absolute atomic E-state index is 0.282. The maximum Gasteiger partial charge on any atom is 0.342 e. The van der Waals surface area contributed by atoms with Gasteiger partial charge in [0.25, 0.3) is 0 Å². The molecule has 3 nitrogen and oxygen atoms in total. The van der Waals surface area contributed by atoms with Gasteiger partial charge in [-0.25, -0.2) is 4.79 Å². The molecule has 152 valence electrons. The molecule has 0 aromatic carbocycles. The van der Waals surface area contributed by atoms with Crippen LogP contribution in [-0.2, 0) is 14.6 Å². The number of unbranched alkanes of at least 4 members (excludes halogenated alkanes) is 2. The normalized spacial score (nSPS) is 12.5. The summed E-state index contributed by atoms with van der Waals surface area (Å²) in [5.41, 5.74) is 0. The summed E-state index contributed by atoms with van der Waals surface area (Å²) in [6.45, 7) is 4.56. The molecule has 0 rings (SSSR count). The Kier molecular flexibility index (Phi) is 20.6. The molecule has 0 aromatic heterocycles. The van der Waals surface area contributed by atoms with Crippen LogP contribution in [0, 0.1) is 0 Å². The summed E-state index contributed by atoms with van der Waals surface area (Å²) in [6, 6.07) is 0. The molecule has 0 saturated heterocycles. The first-order valence-electron chi connectivity index (χ1n) is 10.4. The lowest BCUT2D eigenvalue weighted by molar-refractivity contribution is -0.272. The molecule has 0 atom stereocenters. The molecule has 0 aromatic rings. The first kappa shape index (κ1) is 25.1. The van der Waals surface area contributed by atoms with Gasteiger partial charge in [0.15, 0.2) is 0 Å². The molecule has 0 unspecified atom stereocenters. The first-order valence-corrected chi connectivity index (χ1v) is 10.4. The molecule has 0 amide bonds. The largest absolute Gasteiger partial charge is 0.342 e. The van der Waals surface area contributed by atoms with Gasteiger partial charge in [-0.2, -0.15) is 4.89 Å². The monoisotopic (exact) mass is 374 g/mol. The lowest BCUT2D eigenvalue weighted by Gasteiger charge is -2.01. The molecule has 0 spiro atoms. The van der Waals surface area contributed by atoms with Crippen molar-refractivity contribution in [2.45, 2.75) is 78.1 Å². The highest BCUT2D eigenvalue weighted by molar-refractivity contribution is 5.68. The molecule has 0 N–H and O–H groups in total. The van der Waals surface area contributed by atoms with E-state index in [0.29, 0.717) is 13.0 Å². The van der Waals surface area contributed by atoms with Crippen molar-refractivity contribution in [1.29, 1.82) is 0 Å². The Hall–Kier alpha value is -1.87. The lowest BCUT2D eigenvalue weighted by atomic mass is 10.2. The van der Waals surface area contributed by atoms with Gasteiger partial charge in [-0.05, 0) is 57.8 Å². The van der Waals surface area contributed by atoms with E-state index in [-0.39, 0.29) is 5.97 Å². The van der Waals surface area contributed by atoms with Crippen molar-refractivity contribution in [3.05, 3.63) is 60.8 Å². The number of allylic oxidation sites excluding steroid dienone is 10. The van der Waals surface area contributed by atoms with E-state index < -0.39 is 0 Å². The van der Waals surface area contributed by atoms with Crippen molar-refractivity contribution >= 4 is 5.97 Å². The molecular formula is C24H38O3. The molecule has 0 aliphatic carbocycles. The maximum absolute atomic E-state index is 11.1. The molecule has 0 aliphatic heterocycles. The van der Waals surface area contributed by atoms with Crippen LogP contribution in [0.4, 0.5) is 0 Å². The average molecular weight is 375 g/mol. The fourth-order valence-corrected chi connectivity index (χ4v) is 2.14. The molecule has 27 heavy (non-hydrogen) atoms. The predicted octanol–water partition coefficient (Wildman–Crippen LogP) is 7.18. The zero-order valence-corrected chi connectivity index (χ0v) is 17.3. The summed E-state index contributed by atoms with van der Waals surface area (Å²) in [7, 11) is 0. The van der Waals surface area contributed by atoms with Crippen LogP contribution < -0.4 is 0 Å². The van der Waals surface area contributed by atoms with Gasteiger partial charge in [0, 0.05) is 6.42 Å². The first-order chi connectivity index (χ1) is 13.3. The summed E-state index contributed by atoms with van der Waals surface area (Å²) >= 11 is 0. The minimum Gasteiger partial charge on any atom is -0.298 e. The van der Waals surface area contributed by atoms with E-state index in [2.05, 4.69) is 72.6 Å². The smallest absolute Gasteiger partial charge is 0.298 e. The standard InChI is InChI=1S/C24H38O3/c1-3-5-6-7-8-9-10-11-12-13-14-15-16-17-18-19-20-21-23-26-27-24(25)22-4-2/h5-6,8-9,11-12,14-15,17-18H,3-4,7,10,13,16,19-23H2,1-2H3/b6-5-,9-8-,12-11-,15-14-,18-17-. The van der Waals surface area contributed by atoms with E-state index >= 15 is 0 Å². The van der Waals surface area contributed by atoms with Crippen molar-refractivity contribution in [2.75, 3.05) is 6.61 Å². The fraction of sp³-hybridized carbons (Fsp3) is 0.542. The number of carbonyl (C=O) groups excluding carboxylic acids is 1. The van der Waals surface area contributed by atoms with Crippen molar-refractivity contribution < 1.29 is 14.6 Å². The summed E-state index contributed by atoms with van der Waals surface area (Å²) in [5, 5.41) is 0. The Morgan fingerprint density at radius 1 is 0.704 bits per heavy atom. The van der Waals surface area contributed by atoms with Gasteiger partial charge in [0.1, 0.15) is 0 Å². The van der Waals surface area contributed by atoms with Crippen LogP contribution in [0.5, 0.6) is 0 Å². The summed E-state index contributed by atoms with van der Waals surface area (Å²) in [4.78, 5) is 20.6. The molecule has 3 heteroatoms. The van der Waals surface area contributed by atoms with E-state index in [1.54, 1.807) is 0 Å². The van der Waals surface area contributed by atoms with E-state index in [0.717, 1.165) is 57.8 Å². The molecule has 0 aliphatic rings. The summed E-state index contributed by atoms with van der Waals surface area (Å²) in [5.74, 6) is -0.282. The van der Waals surface area contributed by atoms with Crippen LogP contribution in [0.15, 0.2) is 60.8 Å². The third kappa shape index (κ3) is 22.1. The molecule has 0 fully saturated rings. The zero-order chi connectivity index (χ0) is 19.8. The average Bonchev–Trinajstić information content (AvgIpc) is 2.66. The molecule has 0 radical (unpaired) electrons. The SMILES string of the molecule is CC/C=C\C/C=C\C/C=C\C/C=C\C/C=C\CCCCOOC(=O)CCC. The van der Waals surface area contributed by atoms with Crippen LogP contribution in [-0.4, -0.2) is 12.6 Å². The van der Waals surface area contributed by atoms with E-state index in [4.69, 9.17) is 4.89 Å². The Morgan fingerprint density at radius 2 is 1.22 bits per heavy atom. The highest BCUT2D eigenvalue weighted by Crippen LogP contribution is 2.01. The van der Waals surface area contributed by atoms with Gasteiger partial charge < -0.3 is 0 Å². The predicted molar refractivity (Wildman–Crippen MR) is 115 cm³/mol. The third-order valence-corrected chi connectivity index (χ3v) is 3.61. The van der Waals surface area contributed by atoms with E-state index in [9.17, 15) is 4.79 Å². The Bertz CT molecular complexity index is 470. The van der Waals surface area contributed by atoms with E-state index in [1.807, 2.05) is 6.92 Å². The number of hydrogen-bond donors (Lipinski definition) is 0. The van der Waals surface area contributed by atoms with Crippen molar-refractivity contribution in [2.24, 2.45) is 0 Å². The highest BCUT2D eigenvalue weighted by atomic mass is 17.2. The Labute approximate surface area is 166 Å². The number of rotatable bonds is 17. The number of hydrogen-bond acceptors (Lipinski definition) is 3. The van der Waals surface area contributed by atoms with Crippen LogP contribution in [0.25, 0.3) is 0 Å². The fourth-order valence-electron chi connectivity index (χ4n) is 2.14. The van der Waals surface area contributed by atoms with Crippen molar-refractivity contribution in [3.63, 3.8) is 0 Å². The molecule has 0 saturated carbocycles. The van der Waals surface area contributed by atoms with Gasteiger partial charge in [0.05, 0.1) is 6.61 Å². The summed E-state index contributed by atoms with van der Waals surface area (Å²) < 4.78 is 0. The van der Waals surface area contributed by atoms with Crippen LogP contribution in [0.1, 0.15) is 78.1 Å². The lowest BCUT2D eigenvalue weighted by Crippen LogP contribution is -2.05. The molecule has 0 heterocycles. The topological polar surface area (TPSA) is 35.5 Å². The van der Waals surface area contributed by atoms with Crippen LogP contribution >= 0.6 is 0 Å². The molecule has 0 bridgehead atoms. The second kappa shape index (κ2) is 22.2. The van der Waals surface area contributed by atoms with Gasteiger partial charge in [-0.3, -0.25) is 4.89 Å². The third-order valence-electron chi connectivity index (χ3n) is 3.61. The summed E-state index contributed by atoms with van der Waals surface area (Å²) in [6.07, 6.45) is 31.3. The van der Waals surface area contributed by atoms with E-state index in [1.165, 1.54) is 0 Å². The zero-order valence-electron chi connectivity index (χ0n) is 17.3. The van der Waals surface area contributed by atoms with Crippen molar-refractivity contribution in [3.8, 4) is 0 Å². The Balaban J connectivity index is 3.41. The number of carbonyl (C=O) groups is 1. The Morgan fingerprint density at radius 3 is 1.74 bits per heavy atom. The quantitative estimate of drug-likeness (QED) is 0.117. The van der Waals surface area contributed by atoms with Gasteiger partial charge in [-0.1, -0.05) is 74.6 Å². The second-order valence-corrected chi connectivity index (χ2v) is 6.23. The molecular weight excluding hydrogens is 336 g/mol. The highest BCUT2D eigenvalue weighted by Gasteiger charge is 2.00. The second-order valence-electron chi connectivity index (χ2n) is 6.23. The van der Waals surface area contributed by atoms with Gasteiger partial charge >= 0.3 is 5.97 Å². The van der Waals surface area contributed by atoms with Crippen LogP contribution in [0.3, 0.4) is 0 Å². The maximum atomic E-state index is 11.1. The van der Waals surface area contributed by atoms with Gasteiger partial charge in [0.2, 0.25) is 0 Å². The van der Waals surface area contributed by atoms with Gasteiger partial charge in [-0.15, -0.1) is 0 Å². The van der Waals surface area contributed by atoms with Crippen molar-refractivity contribution in [1.82, 2.24) is 0 Å².